The molecule has 0 aliphatic carbocycles. The maximum atomic E-state index is 13.0. The summed E-state index contributed by atoms with van der Waals surface area (Å²) in [6.07, 6.45) is 3.37. The lowest BCUT2D eigenvalue weighted by atomic mass is 10.0. The van der Waals surface area contributed by atoms with Gasteiger partial charge in [0.15, 0.2) is 5.79 Å². The number of piperidine rings is 1. The Hall–Kier alpha value is -1.92. The van der Waals surface area contributed by atoms with E-state index in [4.69, 9.17) is 9.47 Å². The number of carbonyl (C=O) groups excluding carboxylic acids is 1. The number of nitrogens with zero attached hydrogens (tertiary/aromatic N) is 3. The van der Waals surface area contributed by atoms with Crippen molar-refractivity contribution >= 4 is 11.6 Å². The second-order valence-corrected chi connectivity index (χ2v) is 6.33. The van der Waals surface area contributed by atoms with Crippen molar-refractivity contribution in [2.45, 2.75) is 32.5 Å². The Labute approximate surface area is 135 Å². The Morgan fingerprint density at radius 2 is 1.91 bits per heavy atom. The van der Waals surface area contributed by atoms with E-state index in [1.165, 1.54) is 0 Å². The molecular formula is C17H21N3O3. The van der Waals surface area contributed by atoms with Gasteiger partial charge in [-0.3, -0.25) is 9.20 Å². The summed E-state index contributed by atoms with van der Waals surface area (Å²) in [4.78, 5) is 19.4. The minimum atomic E-state index is -0.456. The zero-order chi connectivity index (χ0) is 16.0. The normalized spacial score (nSPS) is 20.5. The van der Waals surface area contributed by atoms with Crippen LogP contribution in [-0.2, 0) is 9.47 Å². The first-order chi connectivity index (χ1) is 11.1. The van der Waals surface area contributed by atoms with Crippen LogP contribution in [0, 0.1) is 13.8 Å². The average molecular weight is 315 g/mol. The van der Waals surface area contributed by atoms with E-state index in [0.717, 1.165) is 29.7 Å². The van der Waals surface area contributed by atoms with Crippen molar-refractivity contribution in [2.75, 3.05) is 26.3 Å². The molecule has 6 heteroatoms. The Balaban J connectivity index is 1.60. The monoisotopic (exact) mass is 315 g/mol. The lowest BCUT2D eigenvalue weighted by molar-refractivity contribution is -0.181. The number of rotatable bonds is 1. The highest BCUT2D eigenvalue weighted by molar-refractivity contribution is 5.95. The number of hydrogen-bond donors (Lipinski definition) is 0. The Kier molecular flexibility index (Phi) is 3.39. The van der Waals surface area contributed by atoms with E-state index in [1.807, 2.05) is 41.5 Å². The quantitative estimate of drug-likeness (QED) is 0.807. The van der Waals surface area contributed by atoms with Crippen molar-refractivity contribution in [3.8, 4) is 0 Å². The van der Waals surface area contributed by atoms with E-state index in [9.17, 15) is 4.79 Å². The lowest BCUT2D eigenvalue weighted by Gasteiger charge is -2.37. The van der Waals surface area contributed by atoms with Crippen molar-refractivity contribution < 1.29 is 14.3 Å². The highest BCUT2D eigenvalue weighted by Gasteiger charge is 2.41. The molecule has 0 N–H and O–H groups in total. The highest BCUT2D eigenvalue weighted by atomic mass is 16.7. The van der Waals surface area contributed by atoms with Gasteiger partial charge in [0.2, 0.25) is 0 Å². The van der Waals surface area contributed by atoms with Gasteiger partial charge < -0.3 is 14.4 Å². The molecule has 0 bridgehead atoms. The molecule has 4 heterocycles. The fraction of sp³-hybridized carbons (Fsp3) is 0.529. The van der Waals surface area contributed by atoms with Crippen LogP contribution in [0.4, 0.5) is 0 Å². The molecule has 6 nitrogen and oxygen atoms in total. The van der Waals surface area contributed by atoms with Crippen molar-refractivity contribution in [1.29, 1.82) is 0 Å². The number of likely N-dealkylation sites (tertiary alicyclic amines) is 1. The standard InChI is InChI=1S/C17H21N3O3/c1-12-4-3-7-20-14(13(2)18-15(12)20)16(21)19-8-5-17(6-9-19)22-10-11-23-17/h3-4,7H,5-6,8-11H2,1-2H3. The SMILES string of the molecule is Cc1nc2c(C)cccn2c1C(=O)N1CCC2(CC1)OCCO2. The number of pyridine rings is 1. The smallest absolute Gasteiger partial charge is 0.272 e. The lowest BCUT2D eigenvalue weighted by Crippen LogP contribution is -2.47. The van der Waals surface area contributed by atoms with E-state index >= 15 is 0 Å². The topological polar surface area (TPSA) is 56.1 Å². The molecule has 1 amide bonds. The van der Waals surface area contributed by atoms with Crippen LogP contribution in [0.1, 0.15) is 34.6 Å². The zero-order valence-corrected chi connectivity index (χ0v) is 13.5. The van der Waals surface area contributed by atoms with Gasteiger partial charge in [-0.1, -0.05) is 6.07 Å². The summed E-state index contributed by atoms with van der Waals surface area (Å²) in [7, 11) is 0. The minimum absolute atomic E-state index is 0.0356. The summed E-state index contributed by atoms with van der Waals surface area (Å²) in [5.41, 5.74) is 3.36. The number of amides is 1. The largest absolute Gasteiger partial charge is 0.347 e. The van der Waals surface area contributed by atoms with Crippen LogP contribution in [-0.4, -0.2) is 52.3 Å². The van der Waals surface area contributed by atoms with Crippen LogP contribution in [0.3, 0.4) is 0 Å². The molecule has 0 atom stereocenters. The van der Waals surface area contributed by atoms with E-state index in [-0.39, 0.29) is 5.91 Å². The molecule has 0 saturated carbocycles. The third-order valence-corrected chi connectivity index (χ3v) is 4.85. The van der Waals surface area contributed by atoms with Crippen LogP contribution in [0.2, 0.25) is 0 Å². The number of ether oxygens (including phenoxy) is 2. The van der Waals surface area contributed by atoms with Gasteiger partial charge in [0, 0.05) is 32.1 Å². The van der Waals surface area contributed by atoms with E-state index < -0.39 is 5.79 Å². The van der Waals surface area contributed by atoms with Crippen molar-refractivity contribution in [3.05, 3.63) is 35.3 Å². The van der Waals surface area contributed by atoms with Crippen molar-refractivity contribution in [3.63, 3.8) is 0 Å². The molecular weight excluding hydrogens is 294 g/mol. The van der Waals surface area contributed by atoms with Gasteiger partial charge in [-0.05, 0) is 25.5 Å². The fourth-order valence-electron chi connectivity index (χ4n) is 3.56. The number of hydrogen-bond acceptors (Lipinski definition) is 4. The van der Waals surface area contributed by atoms with Gasteiger partial charge in [-0.25, -0.2) is 4.98 Å². The predicted molar refractivity (Wildman–Crippen MR) is 84.4 cm³/mol. The number of imidazole rings is 1. The first-order valence-electron chi connectivity index (χ1n) is 8.11. The van der Waals surface area contributed by atoms with Gasteiger partial charge in [-0.2, -0.15) is 0 Å². The molecule has 2 saturated heterocycles. The average Bonchev–Trinajstić information content (AvgIpc) is 3.13. The Morgan fingerprint density at radius 3 is 2.61 bits per heavy atom. The van der Waals surface area contributed by atoms with Crippen LogP contribution in [0.15, 0.2) is 18.3 Å². The summed E-state index contributed by atoms with van der Waals surface area (Å²) in [5, 5.41) is 0. The molecule has 2 aromatic heterocycles. The fourth-order valence-corrected chi connectivity index (χ4v) is 3.56. The molecule has 1 spiro atoms. The second kappa shape index (κ2) is 5.32. The van der Waals surface area contributed by atoms with Gasteiger partial charge in [0.1, 0.15) is 11.3 Å². The molecule has 0 unspecified atom stereocenters. The Morgan fingerprint density at radius 1 is 1.22 bits per heavy atom. The first kappa shape index (κ1) is 14.7. The molecule has 2 aliphatic heterocycles. The number of fused-ring (bicyclic) bond motifs is 1. The molecule has 0 aromatic carbocycles. The zero-order valence-electron chi connectivity index (χ0n) is 13.5. The van der Waals surface area contributed by atoms with Crippen molar-refractivity contribution in [2.24, 2.45) is 0 Å². The summed E-state index contributed by atoms with van der Waals surface area (Å²) < 4.78 is 13.4. The molecule has 122 valence electrons. The van der Waals surface area contributed by atoms with Crippen LogP contribution >= 0.6 is 0 Å². The third-order valence-electron chi connectivity index (χ3n) is 4.85. The molecule has 4 rings (SSSR count). The van der Waals surface area contributed by atoms with Gasteiger partial charge in [0.05, 0.1) is 18.9 Å². The van der Waals surface area contributed by atoms with Crippen molar-refractivity contribution in [1.82, 2.24) is 14.3 Å². The highest BCUT2D eigenvalue weighted by Crippen LogP contribution is 2.32. The van der Waals surface area contributed by atoms with Gasteiger partial charge in [-0.15, -0.1) is 0 Å². The van der Waals surface area contributed by atoms with Crippen LogP contribution in [0.5, 0.6) is 0 Å². The molecule has 0 radical (unpaired) electrons. The molecule has 23 heavy (non-hydrogen) atoms. The van der Waals surface area contributed by atoms with Crippen LogP contribution in [0.25, 0.3) is 5.65 Å². The molecule has 2 aromatic rings. The maximum absolute atomic E-state index is 13.0. The maximum Gasteiger partial charge on any atom is 0.272 e. The molecule has 2 fully saturated rings. The summed E-state index contributed by atoms with van der Waals surface area (Å²) in [6.45, 7) is 6.51. The Bertz CT molecular complexity index is 752. The number of aryl methyl sites for hydroxylation is 2. The summed E-state index contributed by atoms with van der Waals surface area (Å²) >= 11 is 0. The third kappa shape index (κ3) is 2.33. The minimum Gasteiger partial charge on any atom is -0.347 e. The summed E-state index contributed by atoms with van der Waals surface area (Å²) in [6, 6.07) is 3.96. The number of carbonyl (C=O) groups is 1. The van der Waals surface area contributed by atoms with Gasteiger partial charge in [0.25, 0.3) is 5.91 Å². The number of aromatic nitrogens is 2. The van der Waals surface area contributed by atoms with Gasteiger partial charge >= 0.3 is 0 Å². The second-order valence-electron chi connectivity index (χ2n) is 6.33. The van der Waals surface area contributed by atoms with E-state index in [0.29, 0.717) is 32.0 Å². The molecule has 2 aliphatic rings. The summed E-state index contributed by atoms with van der Waals surface area (Å²) in [5.74, 6) is -0.421. The first-order valence-corrected chi connectivity index (χ1v) is 8.11. The van der Waals surface area contributed by atoms with E-state index in [1.54, 1.807) is 0 Å². The predicted octanol–water partition coefficient (Wildman–Crippen LogP) is 1.93. The van der Waals surface area contributed by atoms with Crippen LogP contribution < -0.4 is 0 Å². The van der Waals surface area contributed by atoms with E-state index in [2.05, 4.69) is 4.98 Å².